The van der Waals surface area contributed by atoms with E-state index in [4.69, 9.17) is 20.9 Å². The first-order chi connectivity index (χ1) is 15.5. The molecule has 2 N–H and O–H groups in total. The first-order valence-corrected chi connectivity index (χ1v) is 10.8. The lowest BCUT2D eigenvalue weighted by Gasteiger charge is -2.11. The summed E-state index contributed by atoms with van der Waals surface area (Å²) in [5.41, 5.74) is 1.50. The zero-order valence-electron chi connectivity index (χ0n) is 18.0. The number of anilines is 1. The number of carbonyl (C=O) groups excluding carboxylic acids is 2. The molecule has 3 aromatic rings. The number of benzene rings is 2. The first kappa shape index (κ1) is 23.3. The number of aryl methyl sites for hydroxylation is 1. The summed E-state index contributed by atoms with van der Waals surface area (Å²) in [5.74, 6) is 0.984. The Labute approximate surface area is 191 Å². The van der Waals surface area contributed by atoms with Gasteiger partial charge in [0.1, 0.15) is 5.75 Å². The van der Waals surface area contributed by atoms with Gasteiger partial charge in [-0.3, -0.25) is 9.59 Å². The van der Waals surface area contributed by atoms with Gasteiger partial charge in [0.15, 0.2) is 0 Å². The van der Waals surface area contributed by atoms with E-state index in [0.29, 0.717) is 41.1 Å². The molecule has 2 amide bonds. The molecule has 0 bridgehead atoms. The topological polar surface area (TPSA) is 106 Å². The third kappa shape index (κ3) is 6.31. The van der Waals surface area contributed by atoms with Crippen LogP contribution in [0, 0.1) is 0 Å². The first-order valence-electron chi connectivity index (χ1n) is 10.4. The zero-order valence-corrected chi connectivity index (χ0v) is 18.7. The summed E-state index contributed by atoms with van der Waals surface area (Å²) in [6, 6.07) is 12.1. The zero-order chi connectivity index (χ0) is 22.9. The summed E-state index contributed by atoms with van der Waals surface area (Å²) in [7, 11) is 0. The molecule has 0 aliphatic carbocycles. The predicted molar refractivity (Wildman–Crippen MR) is 122 cm³/mol. The summed E-state index contributed by atoms with van der Waals surface area (Å²) in [5, 5.41) is 9.93. The molecule has 0 fully saturated rings. The molecule has 0 radical (unpaired) electrons. The molecule has 168 valence electrons. The van der Waals surface area contributed by atoms with Crippen LogP contribution in [-0.4, -0.2) is 35.1 Å². The lowest BCUT2D eigenvalue weighted by Crippen LogP contribution is -2.25. The van der Waals surface area contributed by atoms with Gasteiger partial charge in [0.25, 0.3) is 5.91 Å². The highest BCUT2D eigenvalue weighted by Gasteiger charge is 2.15. The minimum absolute atomic E-state index is 0.105. The molecule has 0 atom stereocenters. The van der Waals surface area contributed by atoms with Gasteiger partial charge in [0.2, 0.25) is 17.6 Å². The van der Waals surface area contributed by atoms with Crippen molar-refractivity contribution in [2.45, 2.75) is 33.1 Å². The molecule has 1 aromatic heterocycles. The second-order valence-electron chi connectivity index (χ2n) is 6.96. The van der Waals surface area contributed by atoms with Gasteiger partial charge in [-0.05, 0) is 55.8 Å². The van der Waals surface area contributed by atoms with Crippen molar-refractivity contribution in [3.8, 4) is 17.1 Å². The van der Waals surface area contributed by atoms with Gasteiger partial charge < -0.3 is 19.9 Å². The SMILES string of the molecule is CCCNC(=O)c1ccc(Cl)cc1NC(=O)CCc1nc(-c2ccc(OCC)cc2)no1. The lowest BCUT2D eigenvalue weighted by molar-refractivity contribution is -0.116. The number of hydrogen-bond acceptors (Lipinski definition) is 6. The van der Waals surface area contributed by atoms with Gasteiger partial charge in [-0.25, -0.2) is 0 Å². The van der Waals surface area contributed by atoms with Gasteiger partial charge in [-0.15, -0.1) is 0 Å². The number of amides is 2. The van der Waals surface area contributed by atoms with Crippen molar-refractivity contribution >= 4 is 29.1 Å². The number of nitrogens with zero attached hydrogens (tertiary/aromatic N) is 2. The smallest absolute Gasteiger partial charge is 0.253 e. The quantitative estimate of drug-likeness (QED) is 0.465. The number of aromatic nitrogens is 2. The average Bonchev–Trinajstić information content (AvgIpc) is 3.26. The maximum absolute atomic E-state index is 12.5. The average molecular weight is 457 g/mol. The molecule has 0 aliphatic rings. The van der Waals surface area contributed by atoms with Crippen LogP contribution in [0.1, 0.15) is 42.9 Å². The second kappa shape index (κ2) is 11.3. The molecule has 0 aliphatic heterocycles. The molecule has 0 saturated heterocycles. The highest BCUT2D eigenvalue weighted by Crippen LogP contribution is 2.22. The van der Waals surface area contributed by atoms with Crippen molar-refractivity contribution in [3.05, 3.63) is 58.9 Å². The summed E-state index contributed by atoms with van der Waals surface area (Å²) in [6.07, 6.45) is 1.17. The fraction of sp³-hybridized carbons (Fsp3) is 0.304. The van der Waals surface area contributed by atoms with Crippen LogP contribution in [0.25, 0.3) is 11.4 Å². The summed E-state index contributed by atoms with van der Waals surface area (Å²) in [6.45, 7) is 5.02. The van der Waals surface area contributed by atoms with Crippen molar-refractivity contribution in [3.63, 3.8) is 0 Å². The number of hydrogen-bond donors (Lipinski definition) is 2. The van der Waals surface area contributed by atoms with Gasteiger partial charge in [-0.2, -0.15) is 4.98 Å². The molecule has 32 heavy (non-hydrogen) atoms. The molecular weight excluding hydrogens is 432 g/mol. The molecule has 8 nitrogen and oxygen atoms in total. The Hall–Kier alpha value is -3.39. The van der Waals surface area contributed by atoms with Crippen LogP contribution >= 0.6 is 11.6 Å². The summed E-state index contributed by atoms with van der Waals surface area (Å²) >= 11 is 6.05. The molecule has 2 aromatic carbocycles. The van der Waals surface area contributed by atoms with E-state index in [1.54, 1.807) is 18.2 Å². The Morgan fingerprint density at radius 2 is 1.91 bits per heavy atom. The highest BCUT2D eigenvalue weighted by atomic mass is 35.5. The van der Waals surface area contributed by atoms with E-state index in [-0.39, 0.29) is 24.7 Å². The van der Waals surface area contributed by atoms with Crippen molar-refractivity contribution in [2.75, 3.05) is 18.5 Å². The van der Waals surface area contributed by atoms with E-state index in [0.717, 1.165) is 17.7 Å². The molecule has 0 spiro atoms. The lowest BCUT2D eigenvalue weighted by atomic mass is 10.1. The molecule has 3 rings (SSSR count). The molecule has 1 heterocycles. The number of rotatable bonds is 10. The van der Waals surface area contributed by atoms with Gasteiger partial charge >= 0.3 is 0 Å². The van der Waals surface area contributed by atoms with Crippen LogP contribution in [0.2, 0.25) is 5.02 Å². The maximum atomic E-state index is 12.5. The Morgan fingerprint density at radius 3 is 2.62 bits per heavy atom. The van der Waals surface area contributed by atoms with E-state index in [1.807, 2.05) is 38.1 Å². The van der Waals surface area contributed by atoms with E-state index in [9.17, 15) is 9.59 Å². The molecule has 9 heteroatoms. The molecule has 0 saturated carbocycles. The number of ether oxygens (including phenoxy) is 1. The fourth-order valence-corrected chi connectivity index (χ4v) is 3.10. The predicted octanol–water partition coefficient (Wildman–Crippen LogP) is 4.50. The molecule has 0 unspecified atom stereocenters. The fourth-order valence-electron chi connectivity index (χ4n) is 2.93. The van der Waals surface area contributed by atoms with Crippen LogP contribution in [0.3, 0.4) is 0 Å². The van der Waals surface area contributed by atoms with Crippen molar-refractivity contribution in [1.82, 2.24) is 15.5 Å². The van der Waals surface area contributed by atoms with Crippen LogP contribution in [0.4, 0.5) is 5.69 Å². The van der Waals surface area contributed by atoms with E-state index < -0.39 is 0 Å². The van der Waals surface area contributed by atoms with Crippen molar-refractivity contribution in [2.24, 2.45) is 0 Å². The van der Waals surface area contributed by atoms with Crippen LogP contribution in [0.15, 0.2) is 47.0 Å². The van der Waals surface area contributed by atoms with Crippen LogP contribution < -0.4 is 15.4 Å². The Bertz CT molecular complexity index is 1070. The monoisotopic (exact) mass is 456 g/mol. The summed E-state index contributed by atoms with van der Waals surface area (Å²) in [4.78, 5) is 29.2. The third-order valence-electron chi connectivity index (χ3n) is 4.49. The Kier molecular flexibility index (Phi) is 8.21. The normalized spacial score (nSPS) is 10.6. The van der Waals surface area contributed by atoms with Gasteiger partial charge in [-0.1, -0.05) is 23.7 Å². The van der Waals surface area contributed by atoms with Crippen LogP contribution in [-0.2, 0) is 11.2 Å². The Balaban J connectivity index is 1.60. The van der Waals surface area contributed by atoms with E-state index in [2.05, 4.69) is 20.8 Å². The summed E-state index contributed by atoms with van der Waals surface area (Å²) < 4.78 is 10.7. The van der Waals surface area contributed by atoms with Crippen molar-refractivity contribution < 1.29 is 18.8 Å². The second-order valence-corrected chi connectivity index (χ2v) is 7.40. The van der Waals surface area contributed by atoms with E-state index in [1.165, 1.54) is 0 Å². The number of halogens is 1. The molecular formula is C23H25ClN4O4. The highest BCUT2D eigenvalue weighted by molar-refractivity contribution is 6.31. The minimum Gasteiger partial charge on any atom is -0.494 e. The number of carbonyl (C=O) groups is 2. The number of nitrogens with one attached hydrogen (secondary N) is 2. The Morgan fingerprint density at radius 1 is 1.12 bits per heavy atom. The largest absolute Gasteiger partial charge is 0.494 e. The van der Waals surface area contributed by atoms with E-state index >= 15 is 0 Å². The minimum atomic E-state index is -0.294. The van der Waals surface area contributed by atoms with Gasteiger partial charge in [0, 0.05) is 30.0 Å². The van der Waals surface area contributed by atoms with Gasteiger partial charge in [0.05, 0.1) is 17.9 Å². The maximum Gasteiger partial charge on any atom is 0.253 e. The van der Waals surface area contributed by atoms with Crippen molar-refractivity contribution in [1.29, 1.82) is 0 Å². The standard InChI is InChI=1S/C23H25ClN4O4/c1-3-13-25-23(30)18-10-7-16(24)14-19(18)26-20(29)11-12-21-27-22(28-32-21)15-5-8-17(9-6-15)31-4-2/h5-10,14H,3-4,11-13H2,1-2H3,(H,25,30)(H,26,29). The third-order valence-corrected chi connectivity index (χ3v) is 4.73. The van der Waals surface area contributed by atoms with Crippen LogP contribution in [0.5, 0.6) is 5.75 Å².